The first kappa shape index (κ1) is 12.0. The number of aromatic nitrogens is 4. The van der Waals surface area contributed by atoms with E-state index in [4.69, 9.17) is 0 Å². The van der Waals surface area contributed by atoms with Crippen molar-refractivity contribution >= 4 is 16.6 Å². The summed E-state index contributed by atoms with van der Waals surface area (Å²) in [5.41, 5.74) is 1.31. The van der Waals surface area contributed by atoms with Crippen molar-refractivity contribution in [1.29, 1.82) is 0 Å². The highest BCUT2D eigenvalue weighted by Crippen LogP contribution is 2.35. The molecule has 1 aromatic carbocycles. The molecule has 8 heteroatoms. The molecule has 0 spiro atoms. The molecule has 8 nitrogen and oxygen atoms in total. The van der Waals surface area contributed by atoms with Gasteiger partial charge in [0.15, 0.2) is 0 Å². The summed E-state index contributed by atoms with van der Waals surface area (Å²) in [6.07, 6.45) is 4.42. The number of nitro groups is 1. The van der Waals surface area contributed by atoms with Gasteiger partial charge in [-0.25, -0.2) is 9.97 Å². The van der Waals surface area contributed by atoms with Gasteiger partial charge in [-0.1, -0.05) is 0 Å². The molecule has 0 aliphatic rings. The molecule has 2 heterocycles. The second kappa shape index (κ2) is 4.26. The minimum absolute atomic E-state index is 0.129. The lowest BCUT2D eigenvalue weighted by Crippen LogP contribution is -1.94. The first-order chi connectivity index (χ1) is 9.56. The number of nitrogens with zero attached hydrogens (tertiary/aromatic N) is 5. The van der Waals surface area contributed by atoms with E-state index in [0.29, 0.717) is 16.6 Å². The maximum absolute atomic E-state index is 11.2. The van der Waals surface area contributed by atoms with E-state index >= 15 is 0 Å². The minimum Gasteiger partial charge on any atom is -0.493 e. The molecule has 0 bridgehead atoms. The average Bonchev–Trinajstić information content (AvgIpc) is 2.84. The van der Waals surface area contributed by atoms with E-state index in [0.717, 1.165) is 0 Å². The number of rotatable bonds is 2. The zero-order valence-corrected chi connectivity index (χ0v) is 10.4. The van der Waals surface area contributed by atoms with Crippen LogP contribution in [0.15, 0.2) is 30.9 Å². The van der Waals surface area contributed by atoms with Gasteiger partial charge in [0.25, 0.3) is 5.69 Å². The molecule has 1 N–H and O–H groups in total. The summed E-state index contributed by atoms with van der Waals surface area (Å²) in [5.74, 6) is -0.282. The molecule has 0 fully saturated rings. The van der Waals surface area contributed by atoms with Gasteiger partial charge in [0.2, 0.25) is 5.88 Å². The lowest BCUT2D eigenvalue weighted by atomic mass is 10.0. The molecule has 0 aliphatic heterocycles. The summed E-state index contributed by atoms with van der Waals surface area (Å²) >= 11 is 0. The Morgan fingerprint density at radius 1 is 1.35 bits per heavy atom. The van der Waals surface area contributed by atoms with Crippen LogP contribution in [0.5, 0.6) is 5.88 Å². The third-order valence-corrected chi connectivity index (χ3v) is 2.94. The van der Waals surface area contributed by atoms with Crippen LogP contribution in [0.1, 0.15) is 0 Å². The zero-order chi connectivity index (χ0) is 14.3. The molecule has 0 radical (unpaired) electrons. The Kier molecular flexibility index (Phi) is 2.56. The first-order valence-electron chi connectivity index (χ1n) is 5.67. The Balaban J connectivity index is 2.35. The van der Waals surface area contributed by atoms with E-state index < -0.39 is 4.92 Å². The summed E-state index contributed by atoms with van der Waals surface area (Å²) < 4.78 is 1.56. The van der Waals surface area contributed by atoms with E-state index in [1.165, 1.54) is 18.6 Å². The number of hydrogen-bond donors (Lipinski definition) is 1. The SMILES string of the molecule is Cn1cc(-c2cc3ncnc(O)c3cc2[N+](=O)[O-])cn1. The highest BCUT2D eigenvalue weighted by atomic mass is 16.6. The van der Waals surface area contributed by atoms with Crippen molar-refractivity contribution in [1.82, 2.24) is 19.7 Å². The Hall–Kier alpha value is -3.03. The number of benzene rings is 1. The molecule has 100 valence electrons. The van der Waals surface area contributed by atoms with Crippen LogP contribution in [0.4, 0.5) is 5.69 Å². The maximum Gasteiger partial charge on any atom is 0.278 e. The van der Waals surface area contributed by atoms with Gasteiger partial charge in [-0.05, 0) is 6.07 Å². The van der Waals surface area contributed by atoms with Crippen LogP contribution in [0, 0.1) is 10.1 Å². The standard InChI is InChI=1S/C12H9N5O3/c1-16-5-7(4-15-16)8-2-10-9(3-11(8)17(19)20)12(18)14-6-13-10/h2-6H,1H3,(H,13,14,18). The maximum atomic E-state index is 11.2. The summed E-state index contributed by atoms with van der Waals surface area (Å²) in [7, 11) is 1.73. The zero-order valence-electron chi connectivity index (χ0n) is 10.4. The van der Waals surface area contributed by atoms with Gasteiger partial charge in [0.1, 0.15) is 6.33 Å². The van der Waals surface area contributed by atoms with Gasteiger partial charge in [-0.15, -0.1) is 0 Å². The Labute approximate surface area is 112 Å². The summed E-state index contributed by atoms with van der Waals surface area (Å²) in [4.78, 5) is 18.3. The van der Waals surface area contributed by atoms with Crippen LogP contribution in [-0.4, -0.2) is 29.8 Å². The fourth-order valence-corrected chi connectivity index (χ4v) is 2.02. The molecule has 0 saturated heterocycles. The topological polar surface area (TPSA) is 107 Å². The van der Waals surface area contributed by atoms with Gasteiger partial charge in [0, 0.05) is 24.9 Å². The van der Waals surface area contributed by atoms with Crippen molar-refractivity contribution in [3.63, 3.8) is 0 Å². The van der Waals surface area contributed by atoms with E-state index in [2.05, 4.69) is 15.1 Å². The van der Waals surface area contributed by atoms with Crippen LogP contribution in [0.3, 0.4) is 0 Å². The summed E-state index contributed by atoms with van der Waals surface area (Å²) in [6.45, 7) is 0. The first-order valence-corrected chi connectivity index (χ1v) is 5.67. The second-order valence-electron chi connectivity index (χ2n) is 4.24. The van der Waals surface area contributed by atoms with Crippen molar-refractivity contribution in [3.8, 4) is 17.0 Å². The third kappa shape index (κ3) is 1.83. The van der Waals surface area contributed by atoms with Crippen LogP contribution < -0.4 is 0 Å². The van der Waals surface area contributed by atoms with Crippen LogP contribution >= 0.6 is 0 Å². The third-order valence-electron chi connectivity index (χ3n) is 2.94. The molecular weight excluding hydrogens is 262 g/mol. The molecule has 0 saturated carbocycles. The van der Waals surface area contributed by atoms with Gasteiger partial charge in [-0.2, -0.15) is 5.10 Å². The Morgan fingerprint density at radius 2 is 2.15 bits per heavy atom. The lowest BCUT2D eigenvalue weighted by molar-refractivity contribution is -0.384. The van der Waals surface area contributed by atoms with Crippen LogP contribution in [-0.2, 0) is 7.05 Å². The number of aryl methyl sites for hydroxylation is 1. The molecule has 0 unspecified atom stereocenters. The van der Waals surface area contributed by atoms with Crippen LogP contribution in [0.2, 0.25) is 0 Å². The monoisotopic (exact) mass is 271 g/mol. The Morgan fingerprint density at radius 3 is 2.80 bits per heavy atom. The van der Waals surface area contributed by atoms with Crippen LogP contribution in [0.25, 0.3) is 22.0 Å². The molecule has 0 amide bonds. The number of fused-ring (bicyclic) bond motifs is 1. The quantitative estimate of drug-likeness (QED) is 0.561. The largest absolute Gasteiger partial charge is 0.493 e. The molecule has 3 aromatic rings. The number of nitro benzene ring substituents is 1. The molecule has 3 rings (SSSR count). The summed E-state index contributed by atoms with van der Waals surface area (Å²) in [5, 5.41) is 25.1. The van der Waals surface area contributed by atoms with Crippen molar-refractivity contribution in [2.45, 2.75) is 0 Å². The number of hydrogen-bond acceptors (Lipinski definition) is 6. The summed E-state index contributed by atoms with van der Waals surface area (Å²) in [6, 6.07) is 2.82. The second-order valence-corrected chi connectivity index (χ2v) is 4.24. The predicted octanol–water partition coefficient (Wildman–Crippen LogP) is 1.64. The van der Waals surface area contributed by atoms with Crippen molar-refractivity contribution < 1.29 is 10.0 Å². The van der Waals surface area contributed by atoms with E-state index in [1.807, 2.05) is 0 Å². The van der Waals surface area contributed by atoms with E-state index in [-0.39, 0.29) is 17.0 Å². The normalized spacial score (nSPS) is 10.8. The number of aromatic hydroxyl groups is 1. The van der Waals surface area contributed by atoms with Crippen molar-refractivity contribution in [2.75, 3.05) is 0 Å². The van der Waals surface area contributed by atoms with E-state index in [1.54, 1.807) is 24.0 Å². The van der Waals surface area contributed by atoms with Gasteiger partial charge in [0.05, 0.1) is 27.6 Å². The molecule has 0 aliphatic carbocycles. The molecular formula is C12H9N5O3. The fraction of sp³-hybridized carbons (Fsp3) is 0.0833. The van der Waals surface area contributed by atoms with Gasteiger partial charge >= 0.3 is 0 Å². The van der Waals surface area contributed by atoms with Gasteiger partial charge < -0.3 is 5.11 Å². The molecule has 20 heavy (non-hydrogen) atoms. The highest BCUT2D eigenvalue weighted by molar-refractivity contribution is 5.92. The molecule has 0 atom stereocenters. The predicted molar refractivity (Wildman–Crippen MR) is 70.1 cm³/mol. The van der Waals surface area contributed by atoms with Crippen molar-refractivity contribution in [3.05, 3.63) is 41.0 Å². The van der Waals surface area contributed by atoms with E-state index in [9.17, 15) is 15.2 Å². The highest BCUT2D eigenvalue weighted by Gasteiger charge is 2.19. The molecule has 2 aromatic heterocycles. The average molecular weight is 271 g/mol. The Bertz CT molecular complexity index is 827. The minimum atomic E-state index is -0.506. The van der Waals surface area contributed by atoms with Crippen molar-refractivity contribution in [2.24, 2.45) is 7.05 Å². The smallest absolute Gasteiger partial charge is 0.278 e. The lowest BCUT2D eigenvalue weighted by Gasteiger charge is -2.04. The van der Waals surface area contributed by atoms with Gasteiger partial charge in [-0.3, -0.25) is 14.8 Å². The fourth-order valence-electron chi connectivity index (χ4n) is 2.02.